The molecule has 0 radical (unpaired) electrons. The van der Waals surface area contributed by atoms with Crippen molar-refractivity contribution in [2.75, 3.05) is 5.32 Å². The van der Waals surface area contributed by atoms with Gasteiger partial charge < -0.3 is 9.73 Å². The molecule has 1 heterocycles. The lowest BCUT2D eigenvalue weighted by atomic mass is 9.79. The molecule has 1 aromatic heterocycles. The van der Waals surface area contributed by atoms with Crippen LogP contribution < -0.4 is 5.32 Å². The Balaban J connectivity index is 1.77. The van der Waals surface area contributed by atoms with Crippen LogP contribution >= 0.6 is 0 Å². The maximum atomic E-state index is 10.8. The first kappa shape index (κ1) is 13.9. The molecule has 21 heavy (non-hydrogen) atoms. The number of anilines is 1. The highest BCUT2D eigenvalue weighted by atomic mass is 16.6. The van der Waals surface area contributed by atoms with Gasteiger partial charge in [-0.3, -0.25) is 10.1 Å². The largest absolute Gasteiger partial charge is 0.423 e. The molecule has 0 bridgehead atoms. The number of nitrogens with one attached hydrogen (secondary N) is 1. The van der Waals surface area contributed by atoms with E-state index in [0.29, 0.717) is 29.1 Å². The first-order valence-corrected chi connectivity index (χ1v) is 7.34. The van der Waals surface area contributed by atoms with Gasteiger partial charge in [0.25, 0.3) is 11.7 Å². The molecule has 1 aromatic carbocycles. The summed E-state index contributed by atoms with van der Waals surface area (Å²) in [4.78, 5) is 14.7. The minimum Gasteiger partial charge on any atom is -0.423 e. The van der Waals surface area contributed by atoms with Crippen LogP contribution in [-0.2, 0) is 0 Å². The molecule has 0 aliphatic heterocycles. The van der Waals surface area contributed by atoms with E-state index >= 15 is 0 Å². The third-order valence-electron chi connectivity index (χ3n) is 4.51. The number of non-ortho nitro benzene ring substituents is 1. The van der Waals surface area contributed by atoms with E-state index in [1.165, 1.54) is 18.6 Å². The number of nitro benzene ring substituents is 1. The molecule has 3 rings (SSSR count). The van der Waals surface area contributed by atoms with Crippen molar-refractivity contribution < 1.29 is 9.34 Å². The molecule has 0 amide bonds. The van der Waals surface area contributed by atoms with Gasteiger partial charge in [0.15, 0.2) is 5.58 Å². The molecule has 0 saturated heterocycles. The van der Waals surface area contributed by atoms with Crippen molar-refractivity contribution in [3.05, 3.63) is 28.3 Å². The van der Waals surface area contributed by atoms with E-state index in [9.17, 15) is 10.1 Å². The second kappa shape index (κ2) is 5.35. The van der Waals surface area contributed by atoms with Crippen molar-refractivity contribution in [3.8, 4) is 0 Å². The smallest absolute Gasteiger partial charge is 0.295 e. The Hall–Kier alpha value is -2.11. The van der Waals surface area contributed by atoms with Crippen LogP contribution in [0, 0.1) is 22.0 Å². The predicted molar refractivity (Wildman–Crippen MR) is 80.3 cm³/mol. The number of rotatable bonds is 3. The molecule has 3 atom stereocenters. The van der Waals surface area contributed by atoms with Crippen molar-refractivity contribution in [2.24, 2.45) is 11.8 Å². The summed E-state index contributed by atoms with van der Waals surface area (Å²) in [5, 5.41) is 14.1. The van der Waals surface area contributed by atoms with Crippen LogP contribution in [0.1, 0.15) is 33.1 Å². The lowest BCUT2D eigenvalue weighted by Gasteiger charge is -2.32. The lowest BCUT2D eigenvalue weighted by molar-refractivity contribution is -0.384. The number of nitrogens with zero attached hydrogens (tertiary/aromatic N) is 2. The third kappa shape index (κ3) is 2.84. The molecule has 3 unspecified atom stereocenters. The van der Waals surface area contributed by atoms with Crippen LogP contribution in [0.3, 0.4) is 0 Å². The predicted octanol–water partition coefficient (Wildman–Crippen LogP) is 3.97. The minimum absolute atomic E-state index is 0.0188. The highest BCUT2D eigenvalue weighted by Gasteiger charge is 2.25. The van der Waals surface area contributed by atoms with Crippen molar-refractivity contribution in [1.29, 1.82) is 0 Å². The van der Waals surface area contributed by atoms with E-state index in [2.05, 4.69) is 24.1 Å². The molecule has 112 valence electrons. The molecule has 1 aliphatic carbocycles. The van der Waals surface area contributed by atoms with E-state index in [4.69, 9.17) is 4.42 Å². The molecule has 6 nitrogen and oxygen atoms in total. The van der Waals surface area contributed by atoms with Gasteiger partial charge in [0.2, 0.25) is 0 Å². The molecular formula is C15H19N3O3. The number of hydrogen-bond acceptors (Lipinski definition) is 5. The standard InChI is InChI=1S/C15H19N3O3/c1-9-3-4-11(7-10(9)2)16-15-17-13-6-5-12(18(19)20)8-14(13)21-15/h5-6,8-11H,3-4,7H2,1-2H3,(H,16,17). The Bertz CT molecular complexity index is 667. The summed E-state index contributed by atoms with van der Waals surface area (Å²) >= 11 is 0. The molecular weight excluding hydrogens is 270 g/mol. The zero-order chi connectivity index (χ0) is 15.0. The van der Waals surface area contributed by atoms with Crippen molar-refractivity contribution >= 4 is 22.8 Å². The average molecular weight is 289 g/mol. The average Bonchev–Trinajstić information content (AvgIpc) is 2.84. The van der Waals surface area contributed by atoms with E-state index in [0.717, 1.165) is 18.8 Å². The maximum absolute atomic E-state index is 10.8. The van der Waals surface area contributed by atoms with Crippen molar-refractivity contribution in [1.82, 2.24) is 4.98 Å². The Morgan fingerprint density at radius 3 is 2.86 bits per heavy atom. The minimum atomic E-state index is -0.431. The van der Waals surface area contributed by atoms with Gasteiger partial charge in [-0.05, 0) is 37.2 Å². The van der Waals surface area contributed by atoms with Crippen LogP contribution in [0.5, 0.6) is 0 Å². The summed E-state index contributed by atoms with van der Waals surface area (Å²) in [5.74, 6) is 1.44. The SMILES string of the molecule is CC1CCC(Nc2nc3ccc([N+](=O)[O-])cc3o2)CC1C. The summed E-state index contributed by atoms with van der Waals surface area (Å²) in [6, 6.07) is 5.29. The Labute approximate surface area is 122 Å². The topological polar surface area (TPSA) is 81.2 Å². The fourth-order valence-corrected chi connectivity index (χ4v) is 2.94. The van der Waals surface area contributed by atoms with Gasteiger partial charge in [-0.1, -0.05) is 13.8 Å². The molecule has 1 N–H and O–H groups in total. The molecule has 6 heteroatoms. The number of fused-ring (bicyclic) bond motifs is 1. The monoisotopic (exact) mass is 289 g/mol. The maximum Gasteiger partial charge on any atom is 0.295 e. The number of oxazole rings is 1. The summed E-state index contributed by atoms with van der Waals surface area (Å²) in [5.41, 5.74) is 1.11. The number of aromatic nitrogens is 1. The summed E-state index contributed by atoms with van der Waals surface area (Å²) < 4.78 is 5.60. The highest BCUT2D eigenvalue weighted by Crippen LogP contribution is 2.31. The third-order valence-corrected chi connectivity index (χ3v) is 4.51. The Morgan fingerprint density at radius 1 is 1.33 bits per heavy atom. The van der Waals surface area contributed by atoms with Crippen LogP contribution in [0.2, 0.25) is 0 Å². The van der Waals surface area contributed by atoms with Gasteiger partial charge in [0.1, 0.15) is 5.52 Å². The fourth-order valence-electron chi connectivity index (χ4n) is 2.94. The quantitative estimate of drug-likeness (QED) is 0.683. The lowest BCUT2D eigenvalue weighted by Crippen LogP contribution is -2.30. The van der Waals surface area contributed by atoms with Gasteiger partial charge in [-0.15, -0.1) is 0 Å². The first-order chi connectivity index (χ1) is 10.0. The normalized spacial score (nSPS) is 25.9. The van der Waals surface area contributed by atoms with Crippen molar-refractivity contribution in [2.45, 2.75) is 39.2 Å². The van der Waals surface area contributed by atoms with E-state index in [-0.39, 0.29) is 5.69 Å². The highest BCUT2D eigenvalue weighted by molar-refractivity contribution is 5.77. The molecule has 1 aliphatic rings. The van der Waals surface area contributed by atoms with Crippen LogP contribution in [0.25, 0.3) is 11.1 Å². The van der Waals surface area contributed by atoms with Crippen LogP contribution in [0.4, 0.5) is 11.7 Å². The molecule has 1 fully saturated rings. The van der Waals surface area contributed by atoms with Crippen molar-refractivity contribution in [3.63, 3.8) is 0 Å². The Morgan fingerprint density at radius 2 is 2.14 bits per heavy atom. The summed E-state index contributed by atoms with van der Waals surface area (Å²) in [7, 11) is 0. The van der Waals surface area contributed by atoms with Gasteiger partial charge in [-0.2, -0.15) is 4.98 Å². The molecule has 1 saturated carbocycles. The zero-order valence-corrected chi connectivity index (χ0v) is 12.2. The molecule has 2 aromatic rings. The fraction of sp³-hybridized carbons (Fsp3) is 0.533. The first-order valence-electron chi connectivity index (χ1n) is 7.34. The van der Waals surface area contributed by atoms with E-state index < -0.39 is 4.92 Å². The molecule has 0 spiro atoms. The van der Waals surface area contributed by atoms with Gasteiger partial charge in [0, 0.05) is 12.1 Å². The number of hydrogen-bond donors (Lipinski definition) is 1. The van der Waals surface area contributed by atoms with Gasteiger partial charge in [0.05, 0.1) is 11.0 Å². The van der Waals surface area contributed by atoms with Crippen LogP contribution in [0.15, 0.2) is 22.6 Å². The van der Waals surface area contributed by atoms with Crippen LogP contribution in [-0.4, -0.2) is 15.9 Å². The summed E-state index contributed by atoms with van der Waals surface area (Å²) in [6.07, 6.45) is 3.40. The zero-order valence-electron chi connectivity index (χ0n) is 12.2. The number of nitro groups is 1. The summed E-state index contributed by atoms with van der Waals surface area (Å²) in [6.45, 7) is 4.56. The Kier molecular flexibility index (Phi) is 3.53. The second-order valence-corrected chi connectivity index (χ2v) is 6.04. The van der Waals surface area contributed by atoms with Gasteiger partial charge in [-0.25, -0.2) is 0 Å². The number of benzene rings is 1. The van der Waals surface area contributed by atoms with Gasteiger partial charge >= 0.3 is 0 Å². The van der Waals surface area contributed by atoms with E-state index in [1.807, 2.05) is 0 Å². The second-order valence-electron chi connectivity index (χ2n) is 6.04. The van der Waals surface area contributed by atoms with E-state index in [1.54, 1.807) is 6.07 Å².